The van der Waals surface area contributed by atoms with Gasteiger partial charge in [-0.3, -0.25) is 4.79 Å². The summed E-state index contributed by atoms with van der Waals surface area (Å²) in [6, 6.07) is 8.09. The molecule has 1 aromatic rings. The number of para-hydroxylation sites is 1. The second-order valence-corrected chi connectivity index (χ2v) is 5.44. The van der Waals surface area contributed by atoms with Crippen molar-refractivity contribution in [3.63, 3.8) is 0 Å². The molecule has 0 saturated carbocycles. The molecule has 0 aliphatic carbocycles. The van der Waals surface area contributed by atoms with Gasteiger partial charge in [0.2, 0.25) is 0 Å². The molecule has 0 atom stereocenters. The maximum absolute atomic E-state index is 11.9. The van der Waals surface area contributed by atoms with E-state index in [1.54, 1.807) is 0 Å². The van der Waals surface area contributed by atoms with Gasteiger partial charge in [-0.15, -0.1) is 0 Å². The van der Waals surface area contributed by atoms with E-state index in [-0.39, 0.29) is 18.6 Å². The lowest BCUT2D eigenvalue weighted by Crippen LogP contribution is -2.41. The van der Waals surface area contributed by atoms with Gasteiger partial charge in [0, 0.05) is 19.3 Å². The lowest BCUT2D eigenvalue weighted by atomic mass is 10.0. The number of benzene rings is 1. The zero-order valence-corrected chi connectivity index (χ0v) is 12.2. The molecule has 0 radical (unpaired) electrons. The molecule has 1 saturated heterocycles. The molecule has 20 heavy (non-hydrogen) atoms. The van der Waals surface area contributed by atoms with E-state index in [2.05, 4.69) is 19.2 Å². The highest BCUT2D eigenvalue weighted by Gasteiger charge is 2.16. The number of ether oxygens (including phenoxy) is 2. The van der Waals surface area contributed by atoms with E-state index in [9.17, 15) is 4.79 Å². The van der Waals surface area contributed by atoms with Gasteiger partial charge >= 0.3 is 0 Å². The molecule has 1 fully saturated rings. The van der Waals surface area contributed by atoms with Crippen LogP contribution in [0.15, 0.2) is 24.3 Å². The van der Waals surface area contributed by atoms with Crippen LogP contribution in [0.5, 0.6) is 5.75 Å². The quantitative estimate of drug-likeness (QED) is 0.899. The average molecular weight is 277 g/mol. The summed E-state index contributed by atoms with van der Waals surface area (Å²) in [6.07, 6.45) is 1.77. The number of carbonyl (C=O) groups excluding carboxylic acids is 1. The fraction of sp³-hybridized carbons (Fsp3) is 0.562. The third-order valence-electron chi connectivity index (χ3n) is 3.49. The normalized spacial score (nSPS) is 16.1. The van der Waals surface area contributed by atoms with Crippen molar-refractivity contribution in [3.05, 3.63) is 29.8 Å². The van der Waals surface area contributed by atoms with Crippen molar-refractivity contribution in [1.29, 1.82) is 0 Å². The van der Waals surface area contributed by atoms with E-state index < -0.39 is 0 Å². The van der Waals surface area contributed by atoms with Gasteiger partial charge in [0.15, 0.2) is 6.61 Å². The zero-order valence-electron chi connectivity index (χ0n) is 12.2. The van der Waals surface area contributed by atoms with Crippen molar-refractivity contribution < 1.29 is 14.3 Å². The Morgan fingerprint density at radius 2 is 2.05 bits per heavy atom. The number of hydrogen-bond donors (Lipinski definition) is 1. The lowest BCUT2D eigenvalue weighted by molar-refractivity contribution is -0.124. The van der Waals surface area contributed by atoms with Crippen molar-refractivity contribution in [2.24, 2.45) is 0 Å². The predicted molar refractivity (Wildman–Crippen MR) is 78.0 cm³/mol. The fourth-order valence-corrected chi connectivity index (χ4v) is 2.34. The molecule has 1 aromatic carbocycles. The van der Waals surface area contributed by atoms with Crippen LogP contribution in [0.4, 0.5) is 0 Å². The average Bonchev–Trinajstić information content (AvgIpc) is 2.46. The standard InChI is InChI=1S/C16H23NO3/c1-12(2)14-5-3-4-6-15(14)20-11-16(18)17-13-7-9-19-10-8-13/h3-6,12-13H,7-11H2,1-2H3,(H,17,18). The summed E-state index contributed by atoms with van der Waals surface area (Å²) < 4.78 is 10.9. The van der Waals surface area contributed by atoms with Crippen LogP contribution in [0.2, 0.25) is 0 Å². The zero-order chi connectivity index (χ0) is 14.4. The highest BCUT2D eigenvalue weighted by atomic mass is 16.5. The Morgan fingerprint density at radius 3 is 2.75 bits per heavy atom. The van der Waals surface area contributed by atoms with Crippen LogP contribution in [0.1, 0.15) is 38.2 Å². The van der Waals surface area contributed by atoms with Crippen LogP contribution in [0.3, 0.4) is 0 Å². The van der Waals surface area contributed by atoms with Crippen molar-refractivity contribution in [2.45, 2.75) is 38.6 Å². The molecular weight excluding hydrogens is 254 g/mol. The highest BCUT2D eigenvalue weighted by Crippen LogP contribution is 2.25. The molecule has 4 nitrogen and oxygen atoms in total. The summed E-state index contributed by atoms with van der Waals surface area (Å²) in [5.41, 5.74) is 1.13. The first-order valence-electron chi connectivity index (χ1n) is 7.25. The molecule has 1 amide bonds. The van der Waals surface area contributed by atoms with Crippen molar-refractivity contribution >= 4 is 5.91 Å². The summed E-state index contributed by atoms with van der Waals surface area (Å²) in [5.74, 6) is 1.12. The van der Waals surface area contributed by atoms with Gasteiger partial charge in [0.05, 0.1) is 0 Å². The molecule has 0 aromatic heterocycles. The Bertz CT molecular complexity index is 439. The topological polar surface area (TPSA) is 47.6 Å². The number of rotatable bonds is 5. The maximum Gasteiger partial charge on any atom is 0.258 e. The first-order valence-corrected chi connectivity index (χ1v) is 7.25. The molecule has 1 N–H and O–H groups in total. The third kappa shape index (κ3) is 4.23. The van der Waals surface area contributed by atoms with E-state index in [0.717, 1.165) is 37.4 Å². The van der Waals surface area contributed by atoms with Crippen LogP contribution in [-0.4, -0.2) is 31.8 Å². The van der Waals surface area contributed by atoms with Crippen LogP contribution in [0, 0.1) is 0 Å². The van der Waals surface area contributed by atoms with Gasteiger partial charge in [0.1, 0.15) is 5.75 Å². The fourth-order valence-electron chi connectivity index (χ4n) is 2.34. The molecule has 1 aliphatic rings. The molecular formula is C16H23NO3. The minimum atomic E-state index is -0.0598. The molecule has 1 aliphatic heterocycles. The van der Waals surface area contributed by atoms with E-state index >= 15 is 0 Å². The van der Waals surface area contributed by atoms with E-state index in [1.807, 2.05) is 24.3 Å². The van der Waals surface area contributed by atoms with Crippen molar-refractivity contribution in [2.75, 3.05) is 19.8 Å². The number of amides is 1. The van der Waals surface area contributed by atoms with Crippen LogP contribution in [0.25, 0.3) is 0 Å². The number of hydrogen-bond acceptors (Lipinski definition) is 3. The second-order valence-electron chi connectivity index (χ2n) is 5.44. The van der Waals surface area contributed by atoms with Gasteiger partial charge in [-0.2, -0.15) is 0 Å². The highest BCUT2D eigenvalue weighted by molar-refractivity contribution is 5.77. The monoisotopic (exact) mass is 277 g/mol. The van der Waals surface area contributed by atoms with Crippen LogP contribution >= 0.6 is 0 Å². The van der Waals surface area contributed by atoms with Crippen LogP contribution in [-0.2, 0) is 9.53 Å². The summed E-state index contributed by atoms with van der Waals surface area (Å²) in [6.45, 7) is 5.75. The van der Waals surface area contributed by atoms with Gasteiger partial charge in [-0.1, -0.05) is 32.0 Å². The molecule has 4 heteroatoms. The SMILES string of the molecule is CC(C)c1ccccc1OCC(=O)NC1CCOCC1. The molecule has 0 bridgehead atoms. The summed E-state index contributed by atoms with van der Waals surface area (Å²) in [7, 11) is 0. The van der Waals surface area contributed by atoms with Gasteiger partial charge in [-0.05, 0) is 30.4 Å². The number of nitrogens with one attached hydrogen (secondary N) is 1. The third-order valence-corrected chi connectivity index (χ3v) is 3.49. The first kappa shape index (κ1) is 14.9. The van der Waals surface area contributed by atoms with E-state index in [1.165, 1.54) is 0 Å². The Balaban J connectivity index is 1.83. The molecule has 1 heterocycles. The second kappa shape index (κ2) is 7.29. The van der Waals surface area contributed by atoms with Crippen molar-refractivity contribution in [3.8, 4) is 5.75 Å². The summed E-state index contributed by atoms with van der Waals surface area (Å²) in [4.78, 5) is 11.9. The molecule has 0 unspecified atom stereocenters. The smallest absolute Gasteiger partial charge is 0.258 e. The summed E-state index contributed by atoms with van der Waals surface area (Å²) in [5, 5.41) is 2.99. The van der Waals surface area contributed by atoms with Gasteiger partial charge < -0.3 is 14.8 Å². The lowest BCUT2D eigenvalue weighted by Gasteiger charge is -2.23. The minimum Gasteiger partial charge on any atom is -0.483 e. The Labute approximate surface area is 120 Å². The summed E-state index contributed by atoms with van der Waals surface area (Å²) >= 11 is 0. The van der Waals surface area contributed by atoms with E-state index in [0.29, 0.717) is 5.92 Å². The van der Waals surface area contributed by atoms with E-state index in [4.69, 9.17) is 9.47 Å². The Morgan fingerprint density at radius 1 is 1.35 bits per heavy atom. The molecule has 0 spiro atoms. The predicted octanol–water partition coefficient (Wildman–Crippen LogP) is 2.48. The largest absolute Gasteiger partial charge is 0.483 e. The van der Waals surface area contributed by atoms with Gasteiger partial charge in [0.25, 0.3) is 5.91 Å². The van der Waals surface area contributed by atoms with Crippen LogP contribution < -0.4 is 10.1 Å². The molecule has 110 valence electrons. The van der Waals surface area contributed by atoms with Crippen molar-refractivity contribution in [1.82, 2.24) is 5.32 Å². The van der Waals surface area contributed by atoms with Gasteiger partial charge in [-0.25, -0.2) is 0 Å². The molecule has 2 rings (SSSR count). The Hall–Kier alpha value is -1.55. The first-order chi connectivity index (χ1) is 9.66. The minimum absolute atomic E-state index is 0.0598. The number of carbonyl (C=O) groups is 1. The maximum atomic E-state index is 11.9. The Kier molecular flexibility index (Phi) is 5.41.